The molecule has 2 aromatic carbocycles. The van der Waals surface area contributed by atoms with Crippen LogP contribution >= 0.6 is 0 Å². The topological polar surface area (TPSA) is 131 Å². The fourth-order valence-electron chi connectivity index (χ4n) is 4.90. The van der Waals surface area contributed by atoms with Crippen LogP contribution in [0.4, 0.5) is 11.6 Å². The summed E-state index contributed by atoms with van der Waals surface area (Å²) in [7, 11) is 4.62. The number of benzene rings is 2. The van der Waals surface area contributed by atoms with Gasteiger partial charge >= 0.3 is 0 Å². The number of aromatic nitrogens is 3. The average molecular weight is 477 g/mol. The lowest BCUT2D eigenvalue weighted by molar-refractivity contribution is -0.385. The highest BCUT2D eigenvalue weighted by molar-refractivity contribution is 6.00. The van der Waals surface area contributed by atoms with Crippen LogP contribution in [0.1, 0.15) is 35.9 Å². The number of nitro groups is 1. The molecule has 0 bridgehead atoms. The van der Waals surface area contributed by atoms with Gasteiger partial charge in [0.05, 0.1) is 31.8 Å². The zero-order valence-electron chi connectivity index (χ0n) is 19.3. The lowest BCUT2D eigenvalue weighted by Crippen LogP contribution is -2.33. The van der Waals surface area contributed by atoms with E-state index in [0.29, 0.717) is 46.5 Å². The van der Waals surface area contributed by atoms with Gasteiger partial charge in [-0.15, -0.1) is 0 Å². The van der Waals surface area contributed by atoms with E-state index in [1.807, 2.05) is 12.1 Å². The van der Waals surface area contributed by atoms with Gasteiger partial charge in [-0.25, -0.2) is 4.68 Å². The van der Waals surface area contributed by atoms with Crippen LogP contribution < -0.4 is 19.5 Å². The van der Waals surface area contributed by atoms with E-state index >= 15 is 0 Å². The summed E-state index contributed by atoms with van der Waals surface area (Å²) in [6.07, 6.45) is 2.06. The maximum Gasteiger partial charge on any atom is 0.275 e. The fourth-order valence-corrected chi connectivity index (χ4v) is 4.90. The molecule has 3 aromatic rings. The first-order valence-corrected chi connectivity index (χ1v) is 10.9. The number of carbonyl (C=O) groups excluding carboxylic acids is 1. The summed E-state index contributed by atoms with van der Waals surface area (Å²) in [6.45, 7) is 0. The molecular weight excluding hydrogens is 454 g/mol. The number of Topliss-reactive ketones (excluding diaryl/α,β-unsaturated/α-hetero) is 1. The number of ether oxygens (including phenoxy) is 3. The largest absolute Gasteiger partial charge is 0.493 e. The Kier molecular flexibility index (Phi) is 5.59. The molecule has 0 spiro atoms. The van der Waals surface area contributed by atoms with Crippen molar-refractivity contribution in [1.29, 1.82) is 0 Å². The van der Waals surface area contributed by atoms with Crippen molar-refractivity contribution in [2.45, 2.75) is 24.8 Å². The lowest BCUT2D eigenvalue weighted by atomic mass is 9.77. The molecule has 0 fully saturated rings. The van der Waals surface area contributed by atoms with Crippen molar-refractivity contribution in [2.75, 3.05) is 26.6 Å². The van der Waals surface area contributed by atoms with E-state index in [-0.39, 0.29) is 23.8 Å². The van der Waals surface area contributed by atoms with E-state index in [1.165, 1.54) is 24.2 Å². The van der Waals surface area contributed by atoms with Gasteiger partial charge in [-0.05, 0) is 36.1 Å². The first-order chi connectivity index (χ1) is 17.0. The number of nitro benzene ring substituents is 1. The minimum absolute atomic E-state index is 0.0766. The average Bonchev–Trinajstić information content (AvgIpc) is 3.34. The number of para-hydroxylation sites is 1. The molecule has 1 aliphatic carbocycles. The van der Waals surface area contributed by atoms with Crippen molar-refractivity contribution in [3.63, 3.8) is 0 Å². The van der Waals surface area contributed by atoms with Gasteiger partial charge in [0.1, 0.15) is 12.4 Å². The third-order valence-electron chi connectivity index (χ3n) is 6.45. The zero-order valence-corrected chi connectivity index (χ0v) is 19.3. The zero-order chi connectivity index (χ0) is 24.7. The van der Waals surface area contributed by atoms with E-state index in [4.69, 9.17) is 14.2 Å². The van der Waals surface area contributed by atoms with Gasteiger partial charge in [-0.2, -0.15) is 10.1 Å². The number of carbonyl (C=O) groups is 1. The number of rotatable bonds is 6. The van der Waals surface area contributed by atoms with Gasteiger partial charge in [0.25, 0.3) is 5.69 Å². The van der Waals surface area contributed by atoms with Gasteiger partial charge in [0.2, 0.25) is 11.7 Å². The number of nitrogens with zero attached hydrogens (tertiary/aromatic N) is 4. The van der Waals surface area contributed by atoms with Crippen LogP contribution in [-0.4, -0.2) is 46.8 Å². The predicted octanol–water partition coefficient (Wildman–Crippen LogP) is 3.63. The Hall–Kier alpha value is -4.41. The van der Waals surface area contributed by atoms with E-state index in [2.05, 4.69) is 15.4 Å². The Morgan fingerprint density at radius 1 is 1.09 bits per heavy atom. The van der Waals surface area contributed by atoms with Crippen molar-refractivity contribution in [3.8, 4) is 17.2 Å². The number of allylic oxidation sites excluding steroid dienone is 2. The Labute approximate surface area is 200 Å². The van der Waals surface area contributed by atoms with Crippen LogP contribution in [0, 0.1) is 10.1 Å². The van der Waals surface area contributed by atoms with E-state index in [0.717, 1.165) is 5.56 Å². The van der Waals surface area contributed by atoms with Gasteiger partial charge in [-0.1, -0.05) is 12.1 Å². The first-order valence-electron chi connectivity index (χ1n) is 10.9. The third kappa shape index (κ3) is 3.65. The Morgan fingerprint density at radius 3 is 2.46 bits per heavy atom. The molecule has 2 heterocycles. The molecule has 35 heavy (non-hydrogen) atoms. The highest BCUT2D eigenvalue weighted by Crippen LogP contribution is 2.47. The Bertz CT molecular complexity index is 1340. The number of anilines is 1. The molecule has 0 saturated carbocycles. The van der Waals surface area contributed by atoms with E-state index in [9.17, 15) is 14.9 Å². The van der Waals surface area contributed by atoms with Gasteiger partial charge in [0.15, 0.2) is 17.3 Å². The molecule has 1 aliphatic heterocycles. The van der Waals surface area contributed by atoms with Crippen LogP contribution in [0.2, 0.25) is 0 Å². The highest BCUT2D eigenvalue weighted by Gasteiger charge is 2.41. The molecule has 180 valence electrons. The van der Waals surface area contributed by atoms with Gasteiger partial charge in [0, 0.05) is 23.8 Å². The van der Waals surface area contributed by atoms with Gasteiger partial charge in [-0.3, -0.25) is 14.9 Å². The van der Waals surface area contributed by atoms with E-state index in [1.54, 1.807) is 32.4 Å². The summed E-state index contributed by atoms with van der Waals surface area (Å²) in [4.78, 5) is 29.2. The predicted molar refractivity (Wildman–Crippen MR) is 125 cm³/mol. The monoisotopic (exact) mass is 477 g/mol. The summed E-state index contributed by atoms with van der Waals surface area (Å²) < 4.78 is 17.9. The van der Waals surface area contributed by atoms with Crippen LogP contribution in [-0.2, 0) is 4.79 Å². The maximum absolute atomic E-state index is 13.6. The normalized spacial score (nSPS) is 18.9. The molecule has 11 heteroatoms. The third-order valence-corrected chi connectivity index (χ3v) is 6.45. The molecule has 0 amide bonds. The second-order valence-corrected chi connectivity index (χ2v) is 8.25. The van der Waals surface area contributed by atoms with Crippen LogP contribution in [0.5, 0.6) is 17.2 Å². The molecule has 2 atom stereocenters. The molecule has 1 aromatic heterocycles. The van der Waals surface area contributed by atoms with Crippen molar-refractivity contribution >= 4 is 17.4 Å². The summed E-state index contributed by atoms with van der Waals surface area (Å²) in [5.41, 5.74) is 2.30. The molecule has 11 nitrogen and oxygen atoms in total. The van der Waals surface area contributed by atoms with Crippen molar-refractivity contribution in [3.05, 3.63) is 75.2 Å². The molecule has 2 aliphatic rings. The van der Waals surface area contributed by atoms with Crippen LogP contribution in [0.15, 0.2) is 54.0 Å². The number of hydrogen-bond donors (Lipinski definition) is 1. The summed E-state index contributed by atoms with van der Waals surface area (Å²) in [5, 5.41) is 19.3. The van der Waals surface area contributed by atoms with Crippen molar-refractivity contribution < 1.29 is 23.9 Å². The number of nitrogens with one attached hydrogen (secondary N) is 1. The summed E-state index contributed by atoms with van der Waals surface area (Å²) in [5.74, 6) is 1.60. The second-order valence-electron chi connectivity index (χ2n) is 8.25. The highest BCUT2D eigenvalue weighted by atomic mass is 16.6. The number of hydrogen-bond acceptors (Lipinski definition) is 9. The van der Waals surface area contributed by atoms with Crippen LogP contribution in [0.3, 0.4) is 0 Å². The second kappa shape index (κ2) is 8.75. The standard InChI is InChI=1S/C24H23N5O6/c1-33-19-10-14(11-20(34-2)23(19)35-3)13-8-16-21(18(30)9-13)22(28-24(27-16)25-12-26-28)15-6-4-5-7-17(15)29(31)32/h4-7,10-13,22H,8-9H2,1-3H3,(H,25,26,27). The van der Waals surface area contributed by atoms with Crippen molar-refractivity contribution in [1.82, 2.24) is 14.8 Å². The Balaban J connectivity index is 1.61. The molecule has 0 saturated heterocycles. The van der Waals surface area contributed by atoms with Crippen molar-refractivity contribution in [2.24, 2.45) is 0 Å². The molecule has 5 rings (SSSR count). The quantitative estimate of drug-likeness (QED) is 0.418. The Morgan fingerprint density at radius 2 is 1.80 bits per heavy atom. The minimum Gasteiger partial charge on any atom is -0.493 e. The first kappa shape index (κ1) is 22.4. The lowest BCUT2D eigenvalue weighted by Gasteiger charge is -2.35. The smallest absolute Gasteiger partial charge is 0.275 e. The summed E-state index contributed by atoms with van der Waals surface area (Å²) >= 11 is 0. The van der Waals surface area contributed by atoms with Crippen LogP contribution in [0.25, 0.3) is 0 Å². The van der Waals surface area contributed by atoms with Gasteiger partial charge < -0.3 is 19.5 Å². The summed E-state index contributed by atoms with van der Waals surface area (Å²) in [6, 6.07) is 9.34. The minimum atomic E-state index is -0.751. The molecule has 1 N–H and O–H groups in total. The molecule has 0 radical (unpaired) electrons. The molecular formula is C24H23N5O6. The SMILES string of the molecule is COc1cc(C2CC(=O)C3=C(C2)Nc2ncnn2C3c2ccccc2[N+](=O)[O-])cc(OC)c1OC. The molecule has 2 unspecified atom stereocenters. The number of ketones is 1. The fraction of sp³-hybridized carbons (Fsp3) is 0.292. The maximum atomic E-state index is 13.6. The number of methoxy groups -OCH3 is 3. The van der Waals surface area contributed by atoms with E-state index < -0.39 is 11.0 Å². The number of fused-ring (bicyclic) bond motifs is 1.